The first-order chi connectivity index (χ1) is 14.4. The van der Waals surface area contributed by atoms with Gasteiger partial charge in [0.25, 0.3) is 15.9 Å². The lowest BCUT2D eigenvalue weighted by Crippen LogP contribution is -2.44. The largest absolute Gasteiger partial charge is 0.482 e. The van der Waals surface area contributed by atoms with Gasteiger partial charge in [0.15, 0.2) is 6.61 Å². The first-order valence-corrected chi connectivity index (χ1v) is 11.1. The first-order valence-electron chi connectivity index (χ1n) is 9.65. The van der Waals surface area contributed by atoms with Gasteiger partial charge in [-0.1, -0.05) is 0 Å². The van der Waals surface area contributed by atoms with Crippen LogP contribution in [0.15, 0.2) is 47.5 Å². The Bertz CT molecular complexity index is 1250. The van der Waals surface area contributed by atoms with Crippen molar-refractivity contribution in [1.29, 1.82) is 0 Å². The van der Waals surface area contributed by atoms with Crippen LogP contribution >= 0.6 is 0 Å². The number of carbonyl (C=O) groups excluding carboxylic acids is 1. The Morgan fingerprint density at radius 3 is 2.67 bits per heavy atom. The summed E-state index contributed by atoms with van der Waals surface area (Å²) in [5.41, 5.74) is 1.95. The van der Waals surface area contributed by atoms with E-state index in [2.05, 4.69) is 27.3 Å². The van der Waals surface area contributed by atoms with Gasteiger partial charge in [-0.25, -0.2) is 0 Å². The third-order valence-corrected chi connectivity index (χ3v) is 7.10. The van der Waals surface area contributed by atoms with E-state index in [1.807, 2.05) is 18.2 Å². The predicted molar refractivity (Wildman–Crippen MR) is 113 cm³/mol. The quantitative estimate of drug-likeness (QED) is 0.674. The first kappa shape index (κ1) is 18.9. The number of amides is 1. The molecular weight excluding hydrogens is 406 g/mol. The minimum Gasteiger partial charge on any atom is -0.482 e. The topological polar surface area (TPSA) is 96.8 Å². The number of fused-ring (bicyclic) bond motifs is 2. The fourth-order valence-corrected chi connectivity index (χ4v) is 5.04. The summed E-state index contributed by atoms with van der Waals surface area (Å²) in [6, 6.07) is 10.2. The van der Waals surface area contributed by atoms with Crippen molar-refractivity contribution in [3.05, 3.63) is 42.6 Å². The minimum atomic E-state index is -3.94. The zero-order chi connectivity index (χ0) is 20.9. The molecule has 0 unspecified atom stereocenters. The molecule has 1 aromatic heterocycles. The molecule has 3 heterocycles. The van der Waals surface area contributed by atoms with Gasteiger partial charge in [-0.2, -0.15) is 17.6 Å². The van der Waals surface area contributed by atoms with Gasteiger partial charge in [-0.15, -0.1) is 0 Å². The molecule has 1 saturated heterocycles. The van der Waals surface area contributed by atoms with Gasteiger partial charge in [0.2, 0.25) is 0 Å². The van der Waals surface area contributed by atoms with Crippen LogP contribution in [-0.2, 0) is 14.8 Å². The molecule has 10 heteroatoms. The third kappa shape index (κ3) is 3.17. The van der Waals surface area contributed by atoms with E-state index >= 15 is 0 Å². The minimum absolute atomic E-state index is 0.0485. The van der Waals surface area contributed by atoms with E-state index < -0.39 is 10.0 Å². The van der Waals surface area contributed by atoms with E-state index in [0.29, 0.717) is 17.0 Å². The lowest BCUT2D eigenvalue weighted by Gasteiger charge is -2.34. The molecule has 0 aliphatic carbocycles. The molecule has 156 valence electrons. The Labute approximate surface area is 173 Å². The molecule has 2 aliphatic heterocycles. The highest BCUT2D eigenvalue weighted by Gasteiger charge is 2.25. The summed E-state index contributed by atoms with van der Waals surface area (Å²) in [6.45, 7) is 3.55. The number of benzene rings is 2. The molecule has 1 fully saturated rings. The molecule has 0 radical (unpaired) electrons. The van der Waals surface area contributed by atoms with E-state index in [1.165, 1.54) is 18.2 Å². The summed E-state index contributed by atoms with van der Waals surface area (Å²) in [7, 11) is -1.85. The molecule has 1 amide bonds. The van der Waals surface area contributed by atoms with Crippen LogP contribution in [0, 0.1) is 0 Å². The smallest absolute Gasteiger partial charge is 0.283 e. The number of hydrogen-bond acceptors (Lipinski definition) is 7. The Kier molecular flexibility index (Phi) is 4.40. The van der Waals surface area contributed by atoms with Crippen LogP contribution in [0.4, 0.5) is 11.4 Å². The lowest BCUT2D eigenvalue weighted by atomic mass is 10.2. The maximum Gasteiger partial charge on any atom is 0.283 e. The predicted octanol–water partition coefficient (Wildman–Crippen LogP) is 1.36. The second-order valence-corrected chi connectivity index (χ2v) is 9.29. The normalized spacial score (nSPS) is 17.5. The zero-order valence-electron chi connectivity index (χ0n) is 16.4. The third-order valence-electron chi connectivity index (χ3n) is 5.50. The van der Waals surface area contributed by atoms with Crippen molar-refractivity contribution >= 4 is 38.2 Å². The molecule has 0 bridgehead atoms. The zero-order valence-corrected chi connectivity index (χ0v) is 17.2. The number of anilines is 2. The van der Waals surface area contributed by atoms with Crippen LogP contribution in [0.2, 0.25) is 0 Å². The Hall–Kier alpha value is -3.11. The Balaban J connectivity index is 1.53. The summed E-state index contributed by atoms with van der Waals surface area (Å²) in [5, 5.41) is 7.56. The summed E-state index contributed by atoms with van der Waals surface area (Å²) in [6.07, 6.45) is 1.55. The van der Waals surface area contributed by atoms with Gasteiger partial charge in [0, 0.05) is 43.3 Å². The summed E-state index contributed by atoms with van der Waals surface area (Å²) >= 11 is 0. The number of rotatable bonds is 3. The molecule has 2 aromatic carbocycles. The van der Waals surface area contributed by atoms with Crippen molar-refractivity contribution in [3.63, 3.8) is 0 Å². The van der Waals surface area contributed by atoms with E-state index in [1.54, 1.807) is 6.20 Å². The standard InChI is InChI=1S/C20H21N5O4S/c1-23-6-8-24(9-7-23)15-3-2-14-12-21-25(18(14)10-15)30(27,28)16-4-5-17-19(11-16)29-13-20(26)22-17/h2-5,10-12H,6-9,13H2,1H3,(H,22,26). The maximum absolute atomic E-state index is 13.3. The number of nitrogens with zero attached hydrogens (tertiary/aromatic N) is 4. The number of aromatic nitrogens is 2. The number of ether oxygens (including phenoxy) is 1. The molecule has 2 aliphatic rings. The molecule has 5 rings (SSSR count). The molecule has 1 N–H and O–H groups in total. The molecule has 3 aromatic rings. The number of hydrogen-bond donors (Lipinski definition) is 1. The fourth-order valence-electron chi connectivity index (χ4n) is 3.75. The number of likely N-dealkylation sites (N-methyl/N-ethyl adjacent to an activating group) is 1. The van der Waals surface area contributed by atoms with Crippen molar-refractivity contribution in [1.82, 2.24) is 14.1 Å². The van der Waals surface area contributed by atoms with Crippen LogP contribution < -0.4 is 15.0 Å². The van der Waals surface area contributed by atoms with E-state index in [-0.39, 0.29) is 17.4 Å². The van der Waals surface area contributed by atoms with Crippen LogP contribution in [0.25, 0.3) is 10.9 Å². The van der Waals surface area contributed by atoms with Crippen LogP contribution in [0.3, 0.4) is 0 Å². The molecule has 0 atom stereocenters. The summed E-state index contributed by atoms with van der Waals surface area (Å²) < 4.78 is 33.1. The highest BCUT2D eigenvalue weighted by Crippen LogP contribution is 2.32. The molecule has 0 saturated carbocycles. The average Bonchev–Trinajstić information content (AvgIpc) is 3.18. The second kappa shape index (κ2) is 6.99. The number of carbonyl (C=O) groups is 1. The van der Waals surface area contributed by atoms with Gasteiger partial charge in [-0.3, -0.25) is 4.79 Å². The number of nitrogens with one attached hydrogen (secondary N) is 1. The highest BCUT2D eigenvalue weighted by atomic mass is 32.2. The van der Waals surface area contributed by atoms with Crippen molar-refractivity contribution in [2.45, 2.75) is 4.90 Å². The second-order valence-electron chi connectivity index (χ2n) is 7.52. The van der Waals surface area contributed by atoms with Gasteiger partial charge in [-0.05, 0) is 37.4 Å². The van der Waals surface area contributed by atoms with Crippen LogP contribution in [0.5, 0.6) is 5.75 Å². The van der Waals surface area contributed by atoms with Gasteiger partial charge in [0.1, 0.15) is 5.75 Å². The van der Waals surface area contributed by atoms with Gasteiger partial charge in [0.05, 0.1) is 22.3 Å². The average molecular weight is 427 g/mol. The molecule has 0 spiro atoms. The Morgan fingerprint density at radius 1 is 1.07 bits per heavy atom. The van der Waals surface area contributed by atoms with E-state index in [4.69, 9.17) is 4.74 Å². The van der Waals surface area contributed by atoms with Gasteiger partial charge < -0.3 is 19.9 Å². The summed E-state index contributed by atoms with van der Waals surface area (Å²) in [5.74, 6) is 0.0536. The fraction of sp³-hybridized carbons (Fsp3) is 0.300. The van der Waals surface area contributed by atoms with E-state index in [0.717, 1.165) is 41.3 Å². The molecule has 30 heavy (non-hydrogen) atoms. The molecular formula is C20H21N5O4S. The number of piperazine rings is 1. The maximum atomic E-state index is 13.3. The monoisotopic (exact) mass is 427 g/mol. The van der Waals surface area contributed by atoms with Crippen LogP contribution in [-0.4, -0.2) is 68.2 Å². The van der Waals surface area contributed by atoms with Gasteiger partial charge >= 0.3 is 0 Å². The van der Waals surface area contributed by atoms with Crippen molar-refractivity contribution in [3.8, 4) is 5.75 Å². The summed E-state index contributed by atoms with van der Waals surface area (Å²) in [4.78, 5) is 16.0. The van der Waals surface area contributed by atoms with Crippen molar-refractivity contribution in [2.75, 3.05) is 50.1 Å². The molecule has 9 nitrogen and oxygen atoms in total. The SMILES string of the molecule is CN1CCN(c2ccc3cnn(S(=O)(=O)c4ccc5c(c4)OCC(=O)N5)c3c2)CC1. The Morgan fingerprint density at radius 2 is 1.87 bits per heavy atom. The lowest BCUT2D eigenvalue weighted by molar-refractivity contribution is -0.118. The highest BCUT2D eigenvalue weighted by molar-refractivity contribution is 7.90. The van der Waals surface area contributed by atoms with Crippen molar-refractivity contribution < 1.29 is 17.9 Å². The van der Waals surface area contributed by atoms with E-state index in [9.17, 15) is 13.2 Å². The van der Waals surface area contributed by atoms with Crippen molar-refractivity contribution in [2.24, 2.45) is 0 Å². The van der Waals surface area contributed by atoms with Crippen LogP contribution in [0.1, 0.15) is 0 Å².